The van der Waals surface area contributed by atoms with Crippen molar-refractivity contribution in [2.24, 2.45) is 11.8 Å². The van der Waals surface area contributed by atoms with Crippen LogP contribution in [0.25, 0.3) is 0 Å². The van der Waals surface area contributed by atoms with Crippen molar-refractivity contribution < 1.29 is 24.2 Å². The third-order valence-corrected chi connectivity index (χ3v) is 10.6. The van der Waals surface area contributed by atoms with Crippen LogP contribution >= 0.6 is 0 Å². The molecule has 7 unspecified atom stereocenters. The topological polar surface area (TPSA) is 100 Å². The predicted octanol–water partition coefficient (Wildman–Crippen LogP) is 6.84. The molecule has 2 amide bonds. The van der Waals surface area contributed by atoms with Crippen molar-refractivity contribution in [1.82, 2.24) is 15.5 Å². The van der Waals surface area contributed by atoms with Crippen molar-refractivity contribution >= 4 is 11.8 Å². The minimum atomic E-state index is -0.606. The predicted molar refractivity (Wildman–Crippen MR) is 190 cm³/mol. The smallest absolute Gasteiger partial charge is 0.251 e. The summed E-state index contributed by atoms with van der Waals surface area (Å²) in [5, 5.41) is 16.0. The molecular weight excluding hydrogens is 614 g/mol. The summed E-state index contributed by atoms with van der Waals surface area (Å²) in [4.78, 5) is 28.9. The molecule has 2 saturated heterocycles. The molecule has 1 saturated carbocycles. The number of aliphatic hydroxyl groups is 1. The van der Waals surface area contributed by atoms with Gasteiger partial charge in [0, 0.05) is 41.7 Å². The van der Waals surface area contributed by atoms with Gasteiger partial charge in [-0.2, -0.15) is 0 Å². The van der Waals surface area contributed by atoms with Crippen LogP contribution in [0.3, 0.4) is 0 Å². The summed E-state index contributed by atoms with van der Waals surface area (Å²) in [6.45, 7) is 9.38. The van der Waals surface area contributed by atoms with Gasteiger partial charge in [-0.3, -0.25) is 14.5 Å². The number of ether oxygens (including phenoxy) is 2. The van der Waals surface area contributed by atoms with E-state index in [9.17, 15) is 14.7 Å². The molecule has 2 aliphatic heterocycles. The van der Waals surface area contributed by atoms with Crippen LogP contribution in [-0.4, -0.2) is 52.1 Å². The fraction of sp³-hybridized carbons (Fsp3) is 0.512. The zero-order valence-electron chi connectivity index (χ0n) is 29.4. The average molecular weight is 668 g/mol. The van der Waals surface area contributed by atoms with E-state index in [1.807, 2.05) is 87.5 Å². The Morgan fingerprint density at radius 2 is 1.51 bits per heavy atom. The van der Waals surface area contributed by atoms with Crippen LogP contribution in [0, 0.1) is 11.8 Å². The van der Waals surface area contributed by atoms with Gasteiger partial charge in [0.2, 0.25) is 5.91 Å². The van der Waals surface area contributed by atoms with Gasteiger partial charge in [-0.05, 0) is 81.2 Å². The Bertz CT molecular complexity index is 1540. The van der Waals surface area contributed by atoms with E-state index >= 15 is 0 Å². The van der Waals surface area contributed by atoms with Gasteiger partial charge in [-0.1, -0.05) is 86.5 Å². The highest BCUT2D eigenvalue weighted by atomic mass is 16.7. The zero-order chi connectivity index (χ0) is 34.5. The standard InChI is InChI=1S/C41H53N3O5/c1-27-36(25-44-34-13-9-8-10-30(34)22-23-35(44)39(47)43-41(2,3)4)48-40(49-37(27)31-18-16-29(26-45)17-19-31)33-20-14-28(15-21-33)24-42-38(46)32-11-6-5-7-12-32/h5-7,11-12,14-21,27,30,34-37,40,45H,8-10,13,22-26H2,1-4H3,(H,42,46)(H,43,47). The van der Waals surface area contributed by atoms with Crippen LogP contribution in [0.15, 0.2) is 78.9 Å². The van der Waals surface area contributed by atoms with Crippen LogP contribution in [0.5, 0.6) is 0 Å². The van der Waals surface area contributed by atoms with Gasteiger partial charge in [0.05, 0.1) is 24.9 Å². The summed E-state index contributed by atoms with van der Waals surface area (Å²) in [6, 6.07) is 25.4. The zero-order valence-corrected chi connectivity index (χ0v) is 29.4. The largest absolute Gasteiger partial charge is 0.392 e. The van der Waals surface area contributed by atoms with Crippen molar-refractivity contribution in [3.63, 3.8) is 0 Å². The number of piperidine rings is 1. The molecule has 262 valence electrons. The summed E-state index contributed by atoms with van der Waals surface area (Å²) in [5.74, 6) is 0.621. The summed E-state index contributed by atoms with van der Waals surface area (Å²) in [5.41, 5.74) is 4.11. The van der Waals surface area contributed by atoms with E-state index in [0.717, 1.165) is 41.5 Å². The molecule has 8 heteroatoms. The Morgan fingerprint density at radius 1 is 0.837 bits per heavy atom. The number of hydrogen-bond donors (Lipinski definition) is 3. The first-order valence-corrected chi connectivity index (χ1v) is 18.1. The second kappa shape index (κ2) is 15.5. The molecule has 49 heavy (non-hydrogen) atoms. The maximum absolute atomic E-state index is 13.8. The van der Waals surface area contributed by atoms with Crippen LogP contribution in [-0.2, 0) is 27.4 Å². The lowest BCUT2D eigenvalue weighted by Crippen LogP contribution is -2.61. The number of carbonyl (C=O) groups excluding carboxylic acids is 2. The monoisotopic (exact) mass is 667 g/mol. The molecule has 7 atom stereocenters. The number of hydrogen-bond acceptors (Lipinski definition) is 6. The number of amides is 2. The van der Waals surface area contributed by atoms with Crippen molar-refractivity contribution in [2.75, 3.05) is 6.54 Å². The summed E-state index contributed by atoms with van der Waals surface area (Å²) >= 11 is 0. The number of benzene rings is 3. The number of nitrogens with one attached hydrogen (secondary N) is 2. The van der Waals surface area contributed by atoms with Crippen LogP contribution in [0.1, 0.15) is 111 Å². The average Bonchev–Trinajstić information content (AvgIpc) is 3.11. The molecule has 0 aromatic heterocycles. The Labute approximate surface area is 291 Å². The lowest BCUT2D eigenvalue weighted by Gasteiger charge is -2.51. The second-order valence-corrected chi connectivity index (χ2v) is 15.3. The molecular formula is C41H53N3O5. The minimum absolute atomic E-state index is 0.0105. The van der Waals surface area contributed by atoms with Gasteiger partial charge < -0.3 is 25.2 Å². The quantitative estimate of drug-likeness (QED) is 0.231. The van der Waals surface area contributed by atoms with Gasteiger partial charge in [0.25, 0.3) is 5.91 Å². The fourth-order valence-electron chi connectivity index (χ4n) is 7.93. The molecule has 8 nitrogen and oxygen atoms in total. The van der Waals surface area contributed by atoms with Gasteiger partial charge in [0.15, 0.2) is 6.29 Å². The van der Waals surface area contributed by atoms with Gasteiger partial charge >= 0.3 is 0 Å². The van der Waals surface area contributed by atoms with Gasteiger partial charge in [-0.15, -0.1) is 0 Å². The molecule has 0 bridgehead atoms. The van der Waals surface area contributed by atoms with E-state index in [-0.39, 0.29) is 48.1 Å². The molecule has 3 aromatic carbocycles. The Balaban J connectivity index is 1.24. The molecule has 3 fully saturated rings. The van der Waals surface area contributed by atoms with Crippen molar-refractivity contribution in [3.05, 3.63) is 107 Å². The van der Waals surface area contributed by atoms with Crippen molar-refractivity contribution in [1.29, 1.82) is 0 Å². The first-order valence-electron chi connectivity index (χ1n) is 18.1. The number of nitrogens with zero attached hydrogens (tertiary/aromatic N) is 1. The minimum Gasteiger partial charge on any atom is -0.392 e. The summed E-state index contributed by atoms with van der Waals surface area (Å²) in [7, 11) is 0. The number of likely N-dealkylation sites (tertiary alicyclic amines) is 1. The first kappa shape index (κ1) is 35.3. The Kier molecular flexibility index (Phi) is 11.2. The van der Waals surface area contributed by atoms with Crippen LogP contribution in [0.2, 0.25) is 0 Å². The van der Waals surface area contributed by atoms with E-state index in [1.54, 1.807) is 12.1 Å². The highest BCUT2D eigenvalue weighted by Crippen LogP contribution is 2.44. The van der Waals surface area contributed by atoms with E-state index < -0.39 is 6.29 Å². The highest BCUT2D eigenvalue weighted by molar-refractivity contribution is 5.94. The van der Waals surface area contributed by atoms with E-state index in [0.29, 0.717) is 30.6 Å². The highest BCUT2D eigenvalue weighted by Gasteiger charge is 2.46. The Morgan fingerprint density at radius 3 is 2.20 bits per heavy atom. The van der Waals surface area contributed by atoms with E-state index in [2.05, 4.69) is 22.5 Å². The van der Waals surface area contributed by atoms with Gasteiger partial charge in [-0.25, -0.2) is 0 Å². The molecule has 2 heterocycles. The number of rotatable bonds is 9. The molecule has 0 radical (unpaired) electrons. The van der Waals surface area contributed by atoms with Crippen molar-refractivity contribution in [3.8, 4) is 0 Å². The lowest BCUT2D eigenvalue weighted by atomic mass is 9.75. The molecule has 6 rings (SSSR count). The maximum atomic E-state index is 13.8. The Hall–Kier alpha value is -3.56. The van der Waals surface area contributed by atoms with Crippen molar-refractivity contribution in [2.45, 2.75) is 115 Å². The second-order valence-electron chi connectivity index (χ2n) is 15.3. The van der Waals surface area contributed by atoms with Crippen LogP contribution in [0.4, 0.5) is 0 Å². The summed E-state index contributed by atoms with van der Waals surface area (Å²) in [6.07, 6.45) is 5.71. The molecule has 0 spiro atoms. The number of fused-ring (bicyclic) bond motifs is 1. The normalized spacial score (nSPS) is 27.6. The third-order valence-electron chi connectivity index (χ3n) is 10.6. The third kappa shape index (κ3) is 8.61. The summed E-state index contributed by atoms with van der Waals surface area (Å²) < 4.78 is 13.6. The van der Waals surface area contributed by atoms with Gasteiger partial charge in [0.1, 0.15) is 0 Å². The van der Waals surface area contributed by atoms with E-state index in [4.69, 9.17) is 9.47 Å². The first-order chi connectivity index (χ1) is 23.6. The van der Waals surface area contributed by atoms with Crippen LogP contribution < -0.4 is 10.6 Å². The fourth-order valence-corrected chi connectivity index (χ4v) is 7.93. The molecule has 3 aromatic rings. The molecule has 3 aliphatic rings. The number of carbonyl (C=O) groups is 2. The van der Waals surface area contributed by atoms with E-state index in [1.165, 1.54) is 19.3 Å². The molecule has 3 N–H and O–H groups in total. The molecule has 1 aliphatic carbocycles. The lowest BCUT2D eigenvalue weighted by molar-refractivity contribution is -0.278. The number of aliphatic hydroxyl groups excluding tert-OH is 1. The SMILES string of the molecule is CC1C(CN2C(C(=O)NC(C)(C)C)CCC3CCCCC32)OC(c2ccc(CNC(=O)c3ccccc3)cc2)OC1c1ccc(CO)cc1. The maximum Gasteiger partial charge on any atom is 0.251 e.